The maximum Gasteiger partial charge on any atom is 0.303 e. The quantitative estimate of drug-likeness (QED) is 0.643. The smallest absolute Gasteiger partial charge is 0.303 e. The van der Waals surface area contributed by atoms with Crippen LogP contribution in [0.5, 0.6) is 0 Å². The zero-order chi connectivity index (χ0) is 8.81. The summed E-state index contributed by atoms with van der Waals surface area (Å²) in [7, 11) is 0. The van der Waals surface area contributed by atoms with E-state index in [2.05, 4.69) is 12.2 Å². The first-order valence-corrected chi connectivity index (χ1v) is 4.66. The van der Waals surface area contributed by atoms with Crippen LogP contribution in [-0.4, -0.2) is 11.1 Å². The molecular formula is C10H16O2. The van der Waals surface area contributed by atoms with Gasteiger partial charge in [-0.3, -0.25) is 4.79 Å². The second-order valence-electron chi connectivity index (χ2n) is 3.44. The normalized spacial score (nSPS) is 27.2. The largest absolute Gasteiger partial charge is 0.481 e. The maximum atomic E-state index is 10.4. The van der Waals surface area contributed by atoms with Crippen LogP contribution in [0, 0.1) is 5.92 Å². The van der Waals surface area contributed by atoms with Gasteiger partial charge in [-0.1, -0.05) is 12.2 Å². The average molecular weight is 168 g/mol. The highest BCUT2D eigenvalue weighted by Crippen LogP contribution is 2.21. The van der Waals surface area contributed by atoms with Crippen molar-refractivity contribution in [2.24, 2.45) is 5.92 Å². The van der Waals surface area contributed by atoms with Gasteiger partial charge in [0.15, 0.2) is 0 Å². The van der Waals surface area contributed by atoms with Gasteiger partial charge in [-0.25, -0.2) is 0 Å². The van der Waals surface area contributed by atoms with Gasteiger partial charge in [0.05, 0.1) is 0 Å². The summed E-state index contributed by atoms with van der Waals surface area (Å²) in [4.78, 5) is 10.4. The molecule has 0 fully saturated rings. The Bertz CT molecular complexity index is 173. The lowest BCUT2D eigenvalue weighted by Crippen LogP contribution is -2.08. The number of carbonyl (C=O) groups is 1. The molecule has 0 aromatic carbocycles. The van der Waals surface area contributed by atoms with Crippen LogP contribution < -0.4 is 0 Å². The predicted molar refractivity (Wildman–Crippen MR) is 48.0 cm³/mol. The summed E-state index contributed by atoms with van der Waals surface area (Å²) in [5, 5.41) is 8.61. The Balaban J connectivity index is 2.32. The number of hydrogen-bond acceptors (Lipinski definition) is 1. The Morgan fingerprint density at radius 3 is 2.83 bits per heavy atom. The van der Waals surface area contributed by atoms with Crippen molar-refractivity contribution < 1.29 is 9.90 Å². The fraction of sp³-hybridized carbons (Fsp3) is 0.700. The molecule has 68 valence electrons. The van der Waals surface area contributed by atoms with E-state index < -0.39 is 5.97 Å². The van der Waals surface area contributed by atoms with Crippen molar-refractivity contribution in [2.75, 3.05) is 0 Å². The molecule has 0 radical (unpaired) electrons. The van der Waals surface area contributed by atoms with Crippen molar-refractivity contribution in [2.45, 2.75) is 38.5 Å². The maximum absolute atomic E-state index is 10.4. The lowest BCUT2D eigenvalue weighted by atomic mass is 9.91. The van der Waals surface area contributed by atoms with E-state index in [1.807, 2.05) is 0 Å². The Kier molecular flexibility index (Phi) is 3.85. The number of carboxylic acid groups (broad SMARTS) is 1. The van der Waals surface area contributed by atoms with Gasteiger partial charge >= 0.3 is 5.97 Å². The molecule has 1 rings (SSSR count). The van der Waals surface area contributed by atoms with Gasteiger partial charge in [0.25, 0.3) is 0 Å². The van der Waals surface area contributed by atoms with Crippen molar-refractivity contribution in [1.29, 1.82) is 0 Å². The first-order valence-electron chi connectivity index (χ1n) is 4.66. The molecular weight excluding hydrogens is 152 g/mol. The minimum atomic E-state index is -0.649. The Morgan fingerprint density at radius 2 is 2.08 bits per heavy atom. The van der Waals surface area contributed by atoms with Crippen LogP contribution in [0.1, 0.15) is 38.5 Å². The van der Waals surface area contributed by atoms with Gasteiger partial charge in [0.2, 0.25) is 0 Å². The predicted octanol–water partition coefficient (Wildman–Crippen LogP) is 2.60. The molecule has 1 aliphatic rings. The second-order valence-corrected chi connectivity index (χ2v) is 3.44. The van der Waals surface area contributed by atoms with E-state index in [1.165, 1.54) is 0 Å². The van der Waals surface area contributed by atoms with E-state index in [9.17, 15) is 4.79 Å². The van der Waals surface area contributed by atoms with Crippen LogP contribution in [0.2, 0.25) is 0 Å². The number of aliphatic carboxylic acids is 1. The second kappa shape index (κ2) is 4.96. The van der Waals surface area contributed by atoms with Crippen molar-refractivity contribution in [3.63, 3.8) is 0 Å². The molecule has 0 spiro atoms. The lowest BCUT2D eigenvalue weighted by molar-refractivity contribution is -0.138. The summed E-state index contributed by atoms with van der Waals surface area (Å²) in [6.45, 7) is 0. The highest BCUT2D eigenvalue weighted by atomic mass is 16.4. The zero-order valence-electron chi connectivity index (χ0n) is 7.33. The molecule has 1 atom stereocenters. The SMILES string of the molecule is O=C(O)CC1CC/C=C\CCC1. The minimum Gasteiger partial charge on any atom is -0.481 e. The topological polar surface area (TPSA) is 37.3 Å². The lowest BCUT2D eigenvalue weighted by Gasteiger charge is -2.14. The number of rotatable bonds is 2. The van der Waals surface area contributed by atoms with Crippen LogP contribution >= 0.6 is 0 Å². The fourth-order valence-corrected chi connectivity index (χ4v) is 1.69. The molecule has 2 nitrogen and oxygen atoms in total. The molecule has 0 bridgehead atoms. The average Bonchev–Trinajstić information content (AvgIpc) is 1.93. The van der Waals surface area contributed by atoms with Gasteiger partial charge in [-0.15, -0.1) is 0 Å². The van der Waals surface area contributed by atoms with Crippen molar-refractivity contribution >= 4 is 5.97 Å². The summed E-state index contributed by atoms with van der Waals surface area (Å²) in [6, 6.07) is 0. The molecule has 1 unspecified atom stereocenters. The molecule has 12 heavy (non-hydrogen) atoms. The first-order chi connectivity index (χ1) is 5.79. The standard InChI is InChI=1S/C10H16O2/c11-10(12)8-9-6-4-2-1-3-5-7-9/h1-2,9H,3-8H2,(H,11,12)/b2-1-. The minimum absolute atomic E-state index is 0.355. The van der Waals surface area contributed by atoms with Gasteiger partial charge in [-0.2, -0.15) is 0 Å². The Hall–Kier alpha value is -0.790. The molecule has 0 amide bonds. The van der Waals surface area contributed by atoms with Gasteiger partial charge in [0, 0.05) is 6.42 Å². The highest BCUT2D eigenvalue weighted by Gasteiger charge is 2.12. The fourth-order valence-electron chi connectivity index (χ4n) is 1.69. The third-order valence-corrected chi connectivity index (χ3v) is 2.35. The van der Waals surface area contributed by atoms with Crippen molar-refractivity contribution in [3.8, 4) is 0 Å². The number of allylic oxidation sites excluding steroid dienone is 2. The Morgan fingerprint density at radius 1 is 1.33 bits per heavy atom. The van der Waals surface area contributed by atoms with Gasteiger partial charge in [-0.05, 0) is 38.0 Å². The number of carboxylic acids is 1. The van der Waals surface area contributed by atoms with E-state index in [-0.39, 0.29) is 0 Å². The summed E-state index contributed by atoms with van der Waals surface area (Å²) in [5.41, 5.74) is 0. The van der Waals surface area contributed by atoms with Gasteiger partial charge < -0.3 is 5.11 Å². The third-order valence-electron chi connectivity index (χ3n) is 2.35. The van der Waals surface area contributed by atoms with Crippen LogP contribution in [0.15, 0.2) is 12.2 Å². The molecule has 0 aromatic heterocycles. The first kappa shape index (κ1) is 9.30. The summed E-state index contributed by atoms with van der Waals surface area (Å²) in [6.07, 6.45) is 10.2. The Labute approximate surface area is 73.3 Å². The molecule has 0 saturated heterocycles. The third kappa shape index (κ3) is 3.56. The molecule has 0 saturated carbocycles. The van der Waals surface area contributed by atoms with Crippen molar-refractivity contribution in [1.82, 2.24) is 0 Å². The summed E-state index contributed by atoms with van der Waals surface area (Å²) >= 11 is 0. The summed E-state index contributed by atoms with van der Waals surface area (Å²) < 4.78 is 0. The molecule has 0 aromatic rings. The van der Waals surface area contributed by atoms with Gasteiger partial charge in [0.1, 0.15) is 0 Å². The van der Waals surface area contributed by atoms with E-state index >= 15 is 0 Å². The molecule has 2 heteroatoms. The van der Waals surface area contributed by atoms with Crippen LogP contribution in [0.3, 0.4) is 0 Å². The zero-order valence-corrected chi connectivity index (χ0v) is 7.33. The summed E-state index contributed by atoms with van der Waals surface area (Å²) in [5.74, 6) is -0.239. The highest BCUT2D eigenvalue weighted by molar-refractivity contribution is 5.66. The molecule has 0 aliphatic heterocycles. The van der Waals surface area contributed by atoms with E-state index in [0.717, 1.165) is 32.1 Å². The van der Waals surface area contributed by atoms with E-state index in [1.54, 1.807) is 0 Å². The molecule has 0 heterocycles. The molecule has 1 aliphatic carbocycles. The van der Waals surface area contributed by atoms with Crippen LogP contribution in [0.25, 0.3) is 0 Å². The molecule has 1 N–H and O–H groups in total. The van der Waals surface area contributed by atoms with E-state index in [4.69, 9.17) is 5.11 Å². The number of hydrogen-bond donors (Lipinski definition) is 1. The van der Waals surface area contributed by atoms with Crippen LogP contribution in [0.4, 0.5) is 0 Å². The van der Waals surface area contributed by atoms with E-state index in [0.29, 0.717) is 12.3 Å². The van der Waals surface area contributed by atoms with Crippen molar-refractivity contribution in [3.05, 3.63) is 12.2 Å². The van der Waals surface area contributed by atoms with Crippen LogP contribution in [-0.2, 0) is 4.79 Å². The monoisotopic (exact) mass is 168 g/mol.